The van der Waals surface area contributed by atoms with Gasteiger partial charge < -0.3 is 46.0 Å². The highest BCUT2D eigenvalue weighted by Crippen LogP contribution is 2.38. The van der Waals surface area contributed by atoms with E-state index in [9.17, 15) is 24.0 Å². The molecule has 4 aliphatic rings. The van der Waals surface area contributed by atoms with Gasteiger partial charge in [-0.15, -0.1) is 12.4 Å². The first kappa shape index (κ1) is 56.5. The third-order valence-electron chi connectivity index (χ3n) is 14.9. The number of amides is 5. The average molecular weight is 1080 g/mol. The van der Waals surface area contributed by atoms with Gasteiger partial charge in [0.1, 0.15) is 17.2 Å². The summed E-state index contributed by atoms with van der Waals surface area (Å²) >= 11 is 0. The Labute approximate surface area is 463 Å². The second kappa shape index (κ2) is 24.7. The van der Waals surface area contributed by atoms with Gasteiger partial charge in [-0.05, 0) is 156 Å². The van der Waals surface area contributed by atoms with Crippen LogP contribution in [0.25, 0.3) is 0 Å². The van der Waals surface area contributed by atoms with Crippen molar-refractivity contribution in [2.75, 3.05) is 46.6 Å². The lowest BCUT2D eigenvalue weighted by Gasteiger charge is -2.33. The van der Waals surface area contributed by atoms with Crippen molar-refractivity contribution in [3.8, 4) is 0 Å². The molecule has 2 saturated heterocycles. The van der Waals surface area contributed by atoms with E-state index in [1.165, 1.54) is 0 Å². The zero-order valence-corrected chi connectivity index (χ0v) is 46.6. The highest BCUT2D eigenvalue weighted by atomic mass is 35.5. The number of anilines is 6. The number of nitrogens with one attached hydrogen (secondary N) is 5. The summed E-state index contributed by atoms with van der Waals surface area (Å²) in [5.41, 5.74) is 9.86. The molecule has 5 amide bonds. The molecule has 10 rings (SSSR count). The van der Waals surface area contributed by atoms with Gasteiger partial charge >= 0.3 is 6.09 Å². The lowest BCUT2D eigenvalue weighted by molar-refractivity contribution is -0.123. The molecule has 18 nitrogen and oxygen atoms in total. The first-order chi connectivity index (χ1) is 37.0. The third-order valence-corrected chi connectivity index (χ3v) is 14.9. The van der Waals surface area contributed by atoms with Gasteiger partial charge in [0.05, 0.1) is 48.2 Å². The highest BCUT2D eigenvalue weighted by Gasteiger charge is 2.31. The van der Waals surface area contributed by atoms with Crippen LogP contribution in [0, 0.1) is 25.7 Å². The number of aryl methyl sites for hydroxylation is 4. The zero-order valence-electron chi connectivity index (χ0n) is 45.8. The molecule has 2 fully saturated rings. The number of nitrogens with zero attached hydrogens (tertiary/aromatic N) is 7. The Morgan fingerprint density at radius 3 is 1.50 bits per heavy atom. The molecule has 6 aromatic rings. The number of rotatable bonds is 10. The number of fused-ring (bicyclic) bond motifs is 4. The van der Waals surface area contributed by atoms with Gasteiger partial charge in [0.15, 0.2) is 0 Å². The average Bonchev–Trinajstić information content (AvgIpc) is 3.83. The summed E-state index contributed by atoms with van der Waals surface area (Å²) in [5.74, 6) is 2.37. The maximum atomic E-state index is 13.8. The number of carbonyl (C=O) groups is 5. The fourth-order valence-electron chi connectivity index (χ4n) is 10.4. The fourth-order valence-corrected chi connectivity index (χ4v) is 10.4. The van der Waals surface area contributed by atoms with Crippen LogP contribution in [-0.2, 0) is 54.6 Å². The SMILES string of the molecule is Cc1cc(C(=O)N2Cc3cnn(C)c3Nc3ccccc32)ccc1CNC(=O)CC1CCN(C(=O)OC(C)(C)C)CC1.Cc1cc(C(=O)N2Cc3cnn(C)c3Nc3ccccc32)ccc1CNC(=O)CC1CCNCC1.Cl. The van der Waals surface area contributed by atoms with E-state index in [-0.39, 0.29) is 48.0 Å². The van der Waals surface area contributed by atoms with Gasteiger partial charge in [0, 0.05) is 75.4 Å². The minimum Gasteiger partial charge on any atom is -0.444 e. The lowest BCUT2D eigenvalue weighted by atomic mass is 9.93. The standard InChI is InChI=1S/C32H40N6O4.C27H32N6O2.ClH/c1-21-16-23(30(40)38-20-25-19-34-36(5)29(25)35-26-8-6-7-9-27(26)38)10-11-24(21)18-33-28(39)17-22-12-14-37(15-13-22)31(41)42-32(2,3)4;1-18-13-20(7-8-21(18)15-29-25(34)14-19-9-11-28-12-10-19)27(35)33-17-22-16-30-32(2)26(22)31-23-5-3-4-6-24(23)33;/h6-11,16,19,22,35H,12-15,17-18,20H2,1-5H3,(H,33,39);3-8,13,16,19,28,31H,9-12,14-15,17H2,1-2H3,(H,29,34);1H. The Morgan fingerprint density at radius 1 is 0.628 bits per heavy atom. The Morgan fingerprint density at radius 2 is 1.06 bits per heavy atom. The van der Waals surface area contributed by atoms with Crippen molar-refractivity contribution >= 4 is 76.5 Å². The van der Waals surface area contributed by atoms with E-state index < -0.39 is 5.60 Å². The Hall–Kier alpha value is -7.70. The molecule has 4 aliphatic heterocycles. The van der Waals surface area contributed by atoms with Gasteiger partial charge in [-0.1, -0.05) is 36.4 Å². The Kier molecular flexibility index (Phi) is 17.9. The van der Waals surface area contributed by atoms with Gasteiger partial charge in [-0.2, -0.15) is 10.2 Å². The highest BCUT2D eigenvalue weighted by molar-refractivity contribution is 6.09. The molecule has 6 heterocycles. The van der Waals surface area contributed by atoms with Crippen molar-refractivity contribution in [2.24, 2.45) is 25.9 Å². The third kappa shape index (κ3) is 13.5. The van der Waals surface area contributed by atoms with Crippen LogP contribution in [-0.4, -0.2) is 86.0 Å². The predicted octanol–water partition coefficient (Wildman–Crippen LogP) is 9.35. The summed E-state index contributed by atoms with van der Waals surface area (Å²) in [6.45, 7) is 14.4. The number of hydrogen-bond acceptors (Lipinski definition) is 11. The lowest BCUT2D eigenvalue weighted by Crippen LogP contribution is -2.42. The number of hydrogen-bond donors (Lipinski definition) is 5. The van der Waals surface area contributed by atoms with Crippen LogP contribution in [0.4, 0.5) is 39.2 Å². The van der Waals surface area contributed by atoms with Crippen molar-refractivity contribution in [3.05, 3.63) is 142 Å². The first-order valence-corrected chi connectivity index (χ1v) is 26.8. The van der Waals surface area contributed by atoms with E-state index >= 15 is 0 Å². The minimum absolute atomic E-state index is 0. The molecule has 5 N–H and O–H groups in total. The number of ether oxygens (including phenoxy) is 1. The molecule has 0 unspecified atom stereocenters. The zero-order chi connectivity index (χ0) is 54.4. The number of carbonyl (C=O) groups excluding carboxylic acids is 5. The second-order valence-electron chi connectivity index (χ2n) is 21.7. The smallest absolute Gasteiger partial charge is 0.410 e. The normalized spacial score (nSPS) is 15.2. The van der Waals surface area contributed by atoms with E-state index in [2.05, 4.69) is 36.8 Å². The second-order valence-corrected chi connectivity index (χ2v) is 21.7. The number of para-hydroxylation sites is 4. The van der Waals surface area contributed by atoms with Gasteiger partial charge in [-0.3, -0.25) is 28.5 Å². The van der Waals surface area contributed by atoms with Crippen LogP contribution in [0.15, 0.2) is 97.3 Å². The molecule has 0 atom stereocenters. The van der Waals surface area contributed by atoms with Gasteiger partial charge in [0.25, 0.3) is 11.8 Å². The van der Waals surface area contributed by atoms with Crippen molar-refractivity contribution in [1.29, 1.82) is 0 Å². The Bertz CT molecular complexity index is 3150. The number of halogens is 1. The molecule has 0 saturated carbocycles. The van der Waals surface area contributed by atoms with E-state index in [1.807, 2.05) is 134 Å². The summed E-state index contributed by atoms with van der Waals surface area (Å²) in [7, 11) is 3.77. The van der Waals surface area contributed by atoms with Crippen LogP contribution in [0.2, 0.25) is 0 Å². The van der Waals surface area contributed by atoms with Gasteiger partial charge in [-0.25, -0.2) is 4.79 Å². The number of benzene rings is 4. The summed E-state index contributed by atoms with van der Waals surface area (Å²) in [5, 5.41) is 25.0. The number of aromatic nitrogens is 4. The molecular formula is C59H73ClN12O6. The topological polar surface area (TPSA) is 200 Å². The molecule has 2 aromatic heterocycles. The molecule has 0 spiro atoms. The minimum atomic E-state index is -0.517. The van der Waals surface area contributed by atoms with Crippen LogP contribution in [0.1, 0.15) is 113 Å². The van der Waals surface area contributed by atoms with Crippen molar-refractivity contribution in [2.45, 2.75) is 105 Å². The number of piperidine rings is 2. The molecule has 4 aromatic carbocycles. The summed E-state index contributed by atoms with van der Waals surface area (Å²) in [6, 6.07) is 26.9. The molecule has 0 aliphatic carbocycles. The molecule has 19 heteroatoms. The molecule has 412 valence electrons. The molecule has 0 radical (unpaired) electrons. The van der Waals surface area contributed by atoms with Crippen molar-refractivity contribution in [1.82, 2.24) is 40.4 Å². The summed E-state index contributed by atoms with van der Waals surface area (Å²) < 4.78 is 9.03. The van der Waals surface area contributed by atoms with Crippen LogP contribution in [0.5, 0.6) is 0 Å². The summed E-state index contributed by atoms with van der Waals surface area (Å²) in [6.07, 6.45) is 7.97. The van der Waals surface area contributed by atoms with E-state index in [0.717, 1.165) is 107 Å². The van der Waals surface area contributed by atoms with Crippen LogP contribution >= 0.6 is 12.4 Å². The maximum Gasteiger partial charge on any atom is 0.410 e. The van der Waals surface area contributed by atoms with Crippen molar-refractivity contribution < 1.29 is 28.7 Å². The number of likely N-dealkylation sites (tertiary alicyclic amines) is 1. The van der Waals surface area contributed by atoms with Crippen LogP contribution in [0.3, 0.4) is 0 Å². The van der Waals surface area contributed by atoms with E-state index in [1.54, 1.807) is 36.5 Å². The Balaban J connectivity index is 0.000000206. The first-order valence-electron chi connectivity index (χ1n) is 26.8. The maximum absolute atomic E-state index is 13.8. The van der Waals surface area contributed by atoms with E-state index in [4.69, 9.17) is 4.74 Å². The molecule has 0 bridgehead atoms. The molecular weight excluding hydrogens is 1010 g/mol. The fraction of sp³-hybridized carbons (Fsp3) is 0.407. The van der Waals surface area contributed by atoms with Crippen LogP contribution < -0.4 is 36.4 Å². The molecule has 78 heavy (non-hydrogen) atoms. The largest absolute Gasteiger partial charge is 0.444 e. The quantitative estimate of drug-likeness (QED) is 0.0876. The monoisotopic (exact) mass is 1080 g/mol. The van der Waals surface area contributed by atoms with Crippen molar-refractivity contribution in [3.63, 3.8) is 0 Å². The van der Waals surface area contributed by atoms with E-state index in [0.29, 0.717) is 69.2 Å². The summed E-state index contributed by atoms with van der Waals surface area (Å²) in [4.78, 5) is 70.2. The predicted molar refractivity (Wildman–Crippen MR) is 306 cm³/mol. The van der Waals surface area contributed by atoms with Gasteiger partial charge in [0.2, 0.25) is 11.8 Å².